The van der Waals surface area contributed by atoms with Crippen molar-refractivity contribution in [2.75, 3.05) is 0 Å². The van der Waals surface area contributed by atoms with E-state index in [1.54, 1.807) is 0 Å². The van der Waals surface area contributed by atoms with E-state index in [0.29, 0.717) is 5.56 Å². The Hall–Kier alpha value is -1.21. The second kappa shape index (κ2) is 3.89. The Kier molecular flexibility index (Phi) is 3.02. The van der Waals surface area contributed by atoms with Crippen molar-refractivity contribution in [3.05, 3.63) is 34.9 Å². The van der Waals surface area contributed by atoms with Crippen LogP contribution in [-0.2, 0) is 12.1 Å². The molecule has 0 unspecified atom stereocenters. The number of hydrogen-bond donors (Lipinski definition) is 0. The number of nitrogens with zero attached hydrogens (tertiary/aromatic N) is 1. The van der Waals surface area contributed by atoms with Gasteiger partial charge in [0.25, 0.3) is 0 Å². The van der Waals surface area contributed by atoms with Crippen molar-refractivity contribution in [3.8, 4) is 6.07 Å². The zero-order valence-corrected chi connectivity index (χ0v) is 7.65. The van der Waals surface area contributed by atoms with Crippen LogP contribution >= 0.6 is 11.6 Å². The zero-order valence-electron chi connectivity index (χ0n) is 6.90. The number of alkyl halides is 4. The normalized spacial score (nSPS) is 11.1. The van der Waals surface area contributed by atoms with Crippen LogP contribution in [0.15, 0.2) is 18.2 Å². The molecule has 0 aliphatic rings. The van der Waals surface area contributed by atoms with E-state index in [1.165, 1.54) is 12.1 Å². The third-order valence-corrected chi connectivity index (χ3v) is 1.97. The molecule has 0 aliphatic heterocycles. The summed E-state index contributed by atoms with van der Waals surface area (Å²) in [5.74, 6) is -0.00517. The third kappa shape index (κ3) is 2.18. The van der Waals surface area contributed by atoms with Gasteiger partial charge in [-0.2, -0.15) is 18.4 Å². The lowest BCUT2D eigenvalue weighted by atomic mass is 10.1. The molecule has 5 heteroatoms. The van der Waals surface area contributed by atoms with E-state index in [1.807, 2.05) is 0 Å². The maximum Gasteiger partial charge on any atom is 0.417 e. The van der Waals surface area contributed by atoms with Crippen LogP contribution in [0.1, 0.15) is 16.7 Å². The SMILES string of the molecule is N#Cc1ccc(CCl)cc1C(F)(F)F. The van der Waals surface area contributed by atoms with Gasteiger partial charge in [-0.1, -0.05) is 6.07 Å². The van der Waals surface area contributed by atoms with Crippen molar-refractivity contribution in [3.63, 3.8) is 0 Å². The van der Waals surface area contributed by atoms with Gasteiger partial charge >= 0.3 is 6.18 Å². The molecule has 0 spiro atoms. The number of benzene rings is 1. The lowest BCUT2D eigenvalue weighted by Gasteiger charge is -2.09. The number of nitriles is 1. The predicted octanol–water partition coefficient (Wildman–Crippen LogP) is 3.32. The van der Waals surface area contributed by atoms with Gasteiger partial charge in [-0.3, -0.25) is 0 Å². The molecule has 0 bridgehead atoms. The Balaban J connectivity index is 3.31. The van der Waals surface area contributed by atoms with Crippen LogP contribution in [0.4, 0.5) is 13.2 Å². The Morgan fingerprint density at radius 3 is 2.43 bits per heavy atom. The second-order valence-electron chi connectivity index (χ2n) is 2.62. The van der Waals surface area contributed by atoms with Crippen molar-refractivity contribution >= 4 is 11.6 Å². The Morgan fingerprint density at radius 1 is 1.36 bits per heavy atom. The fourth-order valence-corrected chi connectivity index (χ4v) is 1.17. The van der Waals surface area contributed by atoms with E-state index >= 15 is 0 Å². The molecule has 1 aromatic carbocycles. The van der Waals surface area contributed by atoms with E-state index in [4.69, 9.17) is 16.9 Å². The van der Waals surface area contributed by atoms with Crippen molar-refractivity contribution in [2.45, 2.75) is 12.1 Å². The third-order valence-electron chi connectivity index (χ3n) is 1.66. The molecule has 74 valence electrons. The molecular formula is C9H5ClF3N. The molecule has 0 radical (unpaired) electrons. The first-order chi connectivity index (χ1) is 6.49. The highest BCUT2D eigenvalue weighted by molar-refractivity contribution is 6.17. The molecule has 0 N–H and O–H groups in total. The van der Waals surface area contributed by atoms with Crippen LogP contribution < -0.4 is 0 Å². The summed E-state index contributed by atoms with van der Waals surface area (Å²) in [5, 5.41) is 8.46. The van der Waals surface area contributed by atoms with Gasteiger partial charge in [0.1, 0.15) is 0 Å². The number of rotatable bonds is 1. The van der Waals surface area contributed by atoms with E-state index in [0.717, 1.165) is 12.1 Å². The van der Waals surface area contributed by atoms with Crippen molar-refractivity contribution < 1.29 is 13.2 Å². The average Bonchev–Trinajstić information content (AvgIpc) is 2.15. The summed E-state index contributed by atoms with van der Waals surface area (Å²) in [6, 6.07) is 4.91. The molecule has 0 atom stereocenters. The Bertz CT molecular complexity index is 379. The topological polar surface area (TPSA) is 23.8 Å². The molecule has 0 aliphatic carbocycles. The predicted molar refractivity (Wildman–Crippen MR) is 45.7 cm³/mol. The molecule has 0 heterocycles. The summed E-state index contributed by atoms with van der Waals surface area (Å²) in [5.41, 5.74) is -0.970. The lowest BCUT2D eigenvalue weighted by molar-refractivity contribution is -0.137. The fourth-order valence-electron chi connectivity index (χ4n) is 1.01. The molecule has 0 saturated carbocycles. The van der Waals surface area contributed by atoms with E-state index in [-0.39, 0.29) is 11.4 Å². The van der Waals surface area contributed by atoms with Crippen LogP contribution in [0.25, 0.3) is 0 Å². The van der Waals surface area contributed by atoms with Crippen molar-refractivity contribution in [2.24, 2.45) is 0 Å². The van der Waals surface area contributed by atoms with Gasteiger partial charge in [0.2, 0.25) is 0 Å². The number of halogens is 4. The molecule has 0 fully saturated rings. The Labute approximate surface area is 83.7 Å². The van der Waals surface area contributed by atoms with Crippen LogP contribution in [0.2, 0.25) is 0 Å². The van der Waals surface area contributed by atoms with Gasteiger partial charge < -0.3 is 0 Å². The summed E-state index contributed by atoms with van der Waals surface area (Å²) in [6.07, 6.45) is -4.51. The summed E-state index contributed by atoms with van der Waals surface area (Å²) in [6.45, 7) is 0. The summed E-state index contributed by atoms with van der Waals surface area (Å²) < 4.78 is 37.1. The maximum absolute atomic E-state index is 12.4. The van der Waals surface area contributed by atoms with E-state index in [9.17, 15) is 13.2 Å². The first-order valence-electron chi connectivity index (χ1n) is 3.65. The largest absolute Gasteiger partial charge is 0.417 e. The summed E-state index contributed by atoms with van der Waals surface area (Å²) in [7, 11) is 0. The maximum atomic E-state index is 12.4. The minimum atomic E-state index is -4.51. The van der Waals surface area contributed by atoms with Crippen molar-refractivity contribution in [1.29, 1.82) is 5.26 Å². The van der Waals surface area contributed by atoms with Crippen LogP contribution in [-0.4, -0.2) is 0 Å². The van der Waals surface area contributed by atoms with Crippen molar-refractivity contribution in [1.82, 2.24) is 0 Å². The minimum Gasteiger partial charge on any atom is -0.192 e. The highest BCUT2D eigenvalue weighted by Gasteiger charge is 2.33. The zero-order chi connectivity index (χ0) is 10.8. The molecule has 1 rings (SSSR count). The fraction of sp³-hybridized carbons (Fsp3) is 0.222. The van der Waals surface area contributed by atoms with Gasteiger partial charge in [-0.15, -0.1) is 11.6 Å². The molecule has 0 saturated heterocycles. The van der Waals surface area contributed by atoms with E-state index in [2.05, 4.69) is 0 Å². The highest BCUT2D eigenvalue weighted by atomic mass is 35.5. The first kappa shape index (κ1) is 10.9. The standard InChI is InChI=1S/C9H5ClF3N/c10-4-6-1-2-7(5-14)8(3-6)9(11,12)13/h1-3H,4H2. The summed E-state index contributed by atoms with van der Waals surface area (Å²) >= 11 is 5.39. The monoisotopic (exact) mass is 219 g/mol. The van der Waals surface area contributed by atoms with Gasteiger partial charge in [-0.05, 0) is 17.7 Å². The second-order valence-corrected chi connectivity index (χ2v) is 2.89. The first-order valence-corrected chi connectivity index (χ1v) is 4.18. The van der Waals surface area contributed by atoms with Gasteiger partial charge in [0.15, 0.2) is 0 Å². The molecule has 1 aromatic rings. The highest BCUT2D eigenvalue weighted by Crippen LogP contribution is 2.32. The van der Waals surface area contributed by atoms with Crippen LogP contribution in [0.5, 0.6) is 0 Å². The molecule has 0 aromatic heterocycles. The van der Waals surface area contributed by atoms with Crippen LogP contribution in [0.3, 0.4) is 0 Å². The quantitative estimate of drug-likeness (QED) is 0.665. The van der Waals surface area contributed by atoms with Crippen LogP contribution in [0, 0.1) is 11.3 Å². The molecule has 1 nitrogen and oxygen atoms in total. The number of hydrogen-bond acceptors (Lipinski definition) is 1. The van der Waals surface area contributed by atoms with Gasteiger partial charge in [0.05, 0.1) is 17.2 Å². The summed E-state index contributed by atoms with van der Waals surface area (Å²) in [4.78, 5) is 0. The molecular weight excluding hydrogens is 215 g/mol. The smallest absolute Gasteiger partial charge is 0.192 e. The molecule has 0 amide bonds. The average molecular weight is 220 g/mol. The van der Waals surface area contributed by atoms with Gasteiger partial charge in [0, 0.05) is 5.88 Å². The molecule has 14 heavy (non-hydrogen) atoms. The van der Waals surface area contributed by atoms with E-state index < -0.39 is 11.7 Å². The van der Waals surface area contributed by atoms with Gasteiger partial charge in [-0.25, -0.2) is 0 Å². The lowest BCUT2D eigenvalue weighted by Crippen LogP contribution is -2.08. The Morgan fingerprint density at radius 2 is 2.00 bits per heavy atom. The minimum absolute atomic E-state index is 0.00517.